The number of rotatable bonds is 6. The third kappa shape index (κ3) is 4.73. The molecule has 0 heterocycles. The molecule has 0 aliphatic rings. The first kappa shape index (κ1) is 13.8. The topological polar surface area (TPSA) is 12.0 Å². The summed E-state index contributed by atoms with van der Waals surface area (Å²) in [5.74, 6) is 0. The Morgan fingerprint density at radius 1 is 1.38 bits per heavy atom. The van der Waals surface area contributed by atoms with E-state index in [1.54, 1.807) is 0 Å². The molecule has 0 amide bonds. The van der Waals surface area contributed by atoms with Gasteiger partial charge in [-0.05, 0) is 30.5 Å². The molecule has 0 spiro atoms. The molecule has 16 heavy (non-hydrogen) atoms. The summed E-state index contributed by atoms with van der Waals surface area (Å²) in [4.78, 5) is 0. The first-order valence-corrected chi connectivity index (χ1v) is 6.54. The molecule has 0 aliphatic carbocycles. The van der Waals surface area contributed by atoms with Crippen LogP contribution in [-0.4, -0.2) is 11.9 Å². The van der Waals surface area contributed by atoms with Gasteiger partial charge in [0.2, 0.25) is 0 Å². The standard InChI is InChI=1S/C13H19Cl2N/c1-3-4-12(14)9-16-8-11-6-5-10(2)7-13(11)15/h5-7,12,16H,3-4,8-9H2,1-2H3. The summed E-state index contributed by atoms with van der Waals surface area (Å²) in [6.07, 6.45) is 2.18. The van der Waals surface area contributed by atoms with E-state index >= 15 is 0 Å². The van der Waals surface area contributed by atoms with E-state index in [1.165, 1.54) is 5.56 Å². The van der Waals surface area contributed by atoms with E-state index in [-0.39, 0.29) is 5.38 Å². The van der Waals surface area contributed by atoms with Crippen LogP contribution in [0.5, 0.6) is 0 Å². The second-order valence-corrected chi connectivity index (χ2v) is 5.14. The number of benzene rings is 1. The number of nitrogens with one attached hydrogen (secondary N) is 1. The zero-order valence-corrected chi connectivity index (χ0v) is 11.4. The second-order valence-electron chi connectivity index (χ2n) is 4.11. The zero-order chi connectivity index (χ0) is 12.0. The van der Waals surface area contributed by atoms with E-state index in [2.05, 4.69) is 24.4 Å². The quantitative estimate of drug-likeness (QED) is 0.758. The third-order valence-electron chi connectivity index (χ3n) is 2.49. The lowest BCUT2D eigenvalue weighted by Gasteiger charge is -2.10. The predicted molar refractivity (Wildman–Crippen MR) is 72.4 cm³/mol. The van der Waals surface area contributed by atoms with E-state index in [4.69, 9.17) is 23.2 Å². The zero-order valence-electron chi connectivity index (χ0n) is 9.89. The summed E-state index contributed by atoms with van der Waals surface area (Å²) < 4.78 is 0. The van der Waals surface area contributed by atoms with Crippen LogP contribution in [0.1, 0.15) is 30.9 Å². The molecule has 0 saturated heterocycles. The molecule has 0 aromatic heterocycles. The molecular formula is C13H19Cl2N. The van der Waals surface area contributed by atoms with E-state index in [0.29, 0.717) is 0 Å². The smallest absolute Gasteiger partial charge is 0.0460 e. The molecule has 1 nitrogen and oxygen atoms in total. The van der Waals surface area contributed by atoms with E-state index < -0.39 is 0 Å². The number of hydrogen-bond donors (Lipinski definition) is 1. The molecule has 1 unspecified atom stereocenters. The SMILES string of the molecule is CCCC(Cl)CNCc1ccc(C)cc1Cl. The van der Waals surface area contributed by atoms with Crippen LogP contribution in [0.15, 0.2) is 18.2 Å². The van der Waals surface area contributed by atoms with Crippen molar-refractivity contribution in [2.75, 3.05) is 6.54 Å². The molecule has 90 valence electrons. The molecule has 0 bridgehead atoms. The van der Waals surface area contributed by atoms with Crippen molar-refractivity contribution in [3.8, 4) is 0 Å². The van der Waals surface area contributed by atoms with Crippen molar-refractivity contribution in [3.63, 3.8) is 0 Å². The van der Waals surface area contributed by atoms with E-state index in [0.717, 1.165) is 36.5 Å². The second kappa shape index (κ2) is 7.16. The van der Waals surface area contributed by atoms with E-state index in [9.17, 15) is 0 Å². The molecule has 1 aromatic carbocycles. The fourth-order valence-electron chi connectivity index (χ4n) is 1.57. The van der Waals surface area contributed by atoms with Gasteiger partial charge in [0.15, 0.2) is 0 Å². The van der Waals surface area contributed by atoms with Gasteiger partial charge in [0.1, 0.15) is 0 Å². The van der Waals surface area contributed by atoms with Crippen LogP contribution in [0.25, 0.3) is 0 Å². The minimum absolute atomic E-state index is 0.217. The van der Waals surface area contributed by atoms with Crippen LogP contribution in [0, 0.1) is 6.92 Å². The average molecular weight is 260 g/mol. The summed E-state index contributed by atoms with van der Waals surface area (Å²) in [6, 6.07) is 6.13. The lowest BCUT2D eigenvalue weighted by Crippen LogP contribution is -2.22. The van der Waals surface area contributed by atoms with Gasteiger partial charge in [-0.25, -0.2) is 0 Å². The molecule has 1 aromatic rings. The van der Waals surface area contributed by atoms with Gasteiger partial charge in [-0.2, -0.15) is 0 Å². The normalized spacial score (nSPS) is 12.8. The monoisotopic (exact) mass is 259 g/mol. The Balaban J connectivity index is 2.37. The van der Waals surface area contributed by atoms with Crippen molar-refractivity contribution in [2.24, 2.45) is 0 Å². The van der Waals surface area contributed by atoms with E-state index in [1.807, 2.05) is 13.0 Å². The maximum Gasteiger partial charge on any atom is 0.0460 e. The highest BCUT2D eigenvalue weighted by atomic mass is 35.5. The van der Waals surface area contributed by atoms with Gasteiger partial charge in [-0.1, -0.05) is 37.1 Å². The molecule has 3 heteroatoms. The van der Waals surface area contributed by atoms with Gasteiger partial charge < -0.3 is 5.32 Å². The highest BCUT2D eigenvalue weighted by molar-refractivity contribution is 6.31. The highest BCUT2D eigenvalue weighted by Crippen LogP contribution is 2.17. The van der Waals surface area contributed by atoms with Crippen molar-refractivity contribution in [1.29, 1.82) is 0 Å². The fourth-order valence-corrected chi connectivity index (χ4v) is 2.20. The van der Waals surface area contributed by atoms with Crippen molar-refractivity contribution in [2.45, 2.75) is 38.6 Å². The molecular weight excluding hydrogens is 241 g/mol. The number of halogens is 2. The van der Waals surface area contributed by atoms with Gasteiger partial charge in [-0.15, -0.1) is 11.6 Å². The molecule has 0 aliphatic heterocycles. The minimum atomic E-state index is 0.217. The van der Waals surface area contributed by atoms with Crippen LogP contribution in [0.2, 0.25) is 5.02 Å². The lowest BCUT2D eigenvalue weighted by molar-refractivity contribution is 0.623. The summed E-state index contributed by atoms with van der Waals surface area (Å²) in [7, 11) is 0. The van der Waals surface area contributed by atoms with Gasteiger partial charge in [0, 0.05) is 23.5 Å². The Morgan fingerprint density at radius 2 is 2.12 bits per heavy atom. The van der Waals surface area contributed by atoms with Crippen molar-refractivity contribution in [1.82, 2.24) is 5.32 Å². The number of hydrogen-bond acceptors (Lipinski definition) is 1. The van der Waals surface area contributed by atoms with Gasteiger partial charge in [-0.3, -0.25) is 0 Å². The lowest BCUT2D eigenvalue weighted by atomic mass is 10.1. The van der Waals surface area contributed by atoms with Crippen molar-refractivity contribution in [3.05, 3.63) is 34.3 Å². The summed E-state index contributed by atoms with van der Waals surface area (Å²) in [6.45, 7) is 5.80. The van der Waals surface area contributed by atoms with Crippen LogP contribution >= 0.6 is 23.2 Å². The largest absolute Gasteiger partial charge is 0.311 e. The van der Waals surface area contributed by atoms with Gasteiger partial charge in [0.05, 0.1) is 0 Å². The van der Waals surface area contributed by atoms with Crippen molar-refractivity contribution >= 4 is 23.2 Å². The Bertz CT molecular complexity index is 326. The Hall–Kier alpha value is -0.240. The Kier molecular flexibility index (Phi) is 6.18. The van der Waals surface area contributed by atoms with Crippen molar-refractivity contribution < 1.29 is 0 Å². The van der Waals surface area contributed by atoms with Crippen LogP contribution in [0.4, 0.5) is 0 Å². The van der Waals surface area contributed by atoms with Crippen LogP contribution < -0.4 is 5.32 Å². The molecule has 1 atom stereocenters. The molecule has 0 fully saturated rings. The number of aryl methyl sites for hydroxylation is 1. The summed E-state index contributed by atoms with van der Waals surface area (Å²) in [5, 5.41) is 4.37. The maximum absolute atomic E-state index is 6.13. The number of alkyl halides is 1. The predicted octanol–water partition coefficient (Wildman–Crippen LogP) is 4.15. The molecule has 0 radical (unpaired) electrons. The Morgan fingerprint density at radius 3 is 2.75 bits per heavy atom. The maximum atomic E-state index is 6.13. The minimum Gasteiger partial charge on any atom is -0.311 e. The fraction of sp³-hybridized carbons (Fsp3) is 0.538. The highest BCUT2D eigenvalue weighted by Gasteiger charge is 2.04. The molecule has 1 N–H and O–H groups in total. The van der Waals surface area contributed by atoms with Gasteiger partial charge >= 0.3 is 0 Å². The van der Waals surface area contributed by atoms with Crippen LogP contribution in [-0.2, 0) is 6.54 Å². The molecule has 0 saturated carbocycles. The van der Waals surface area contributed by atoms with Crippen LogP contribution in [0.3, 0.4) is 0 Å². The average Bonchev–Trinajstić information content (AvgIpc) is 2.22. The summed E-state index contributed by atoms with van der Waals surface area (Å²) >= 11 is 12.2. The Labute approximate surface area is 108 Å². The first-order valence-electron chi connectivity index (χ1n) is 5.73. The molecule has 1 rings (SSSR count). The van der Waals surface area contributed by atoms with Gasteiger partial charge in [0.25, 0.3) is 0 Å². The summed E-state index contributed by atoms with van der Waals surface area (Å²) in [5.41, 5.74) is 2.32. The first-order chi connectivity index (χ1) is 7.63. The third-order valence-corrected chi connectivity index (χ3v) is 3.22.